The number of nitrogens with one attached hydrogen (secondary N) is 1. The number of carbonyl (C=O) groups is 2. The molecule has 2 heterocycles. The Labute approximate surface area is 163 Å². The number of amides is 1. The van der Waals surface area contributed by atoms with E-state index in [0.29, 0.717) is 13.0 Å². The Morgan fingerprint density at radius 2 is 2.04 bits per heavy atom. The molecule has 0 fully saturated rings. The molecule has 2 rings (SSSR count). The molecule has 0 aliphatic carbocycles. The predicted octanol–water partition coefficient (Wildman–Crippen LogP) is 0.274. The second kappa shape index (κ2) is 8.98. The van der Waals surface area contributed by atoms with Crippen molar-refractivity contribution in [3.63, 3.8) is 0 Å². The molecule has 1 aliphatic heterocycles. The van der Waals surface area contributed by atoms with E-state index in [1.165, 1.54) is 6.20 Å². The summed E-state index contributed by atoms with van der Waals surface area (Å²) in [5.74, 6) is -0.998. The molecule has 0 saturated heterocycles. The molecule has 0 spiro atoms. The average Bonchev–Trinajstić information content (AvgIpc) is 2.77. The Bertz CT molecular complexity index is 776. The third-order valence-electron chi connectivity index (χ3n) is 3.31. The van der Waals surface area contributed by atoms with Gasteiger partial charge in [-0.15, -0.1) is 0 Å². The van der Waals surface area contributed by atoms with Gasteiger partial charge in [0.15, 0.2) is 0 Å². The van der Waals surface area contributed by atoms with Crippen molar-refractivity contribution in [1.29, 1.82) is 0 Å². The van der Waals surface area contributed by atoms with E-state index >= 15 is 0 Å². The quantitative estimate of drug-likeness (QED) is 0.605. The number of halogens is 1. The molecule has 7 heteroatoms. The molecular weight excluding hydrogens is 447 g/mol. The first-order valence-corrected chi connectivity index (χ1v) is 10.5. The predicted molar refractivity (Wildman–Crippen MR) is 94.4 cm³/mol. The number of carbonyl (C=O) groups excluding carboxylic acids is 1. The fourth-order valence-electron chi connectivity index (χ4n) is 2.21. The third kappa shape index (κ3) is 6.62. The number of hydrogen-bond donors (Lipinski definition) is 2. The van der Waals surface area contributed by atoms with Crippen LogP contribution in [0.5, 0.6) is 0 Å². The van der Waals surface area contributed by atoms with Crippen molar-refractivity contribution in [2.24, 2.45) is 0 Å². The van der Waals surface area contributed by atoms with Gasteiger partial charge in [0.1, 0.15) is 0 Å². The monoisotopic (exact) mass is 469 g/mol. The summed E-state index contributed by atoms with van der Waals surface area (Å²) in [5.41, 5.74) is 2.48. The summed E-state index contributed by atoms with van der Waals surface area (Å²) in [6.45, 7) is 5.83. The van der Waals surface area contributed by atoms with Gasteiger partial charge in [0.2, 0.25) is 0 Å². The third-order valence-corrected chi connectivity index (χ3v) is 5.25. The standard InChI is InChI=1S/C19H22IN2O4/c1-19(2,3)26-18(25)22-12-16-9-20-6-4-5-14(16)7-13-8-15(17(23)24)11-21-10-13/h4-6,8-11H,7,12H2,1-3H3,(H,22,25)(H,23,24)/q-1. The molecule has 26 heavy (non-hydrogen) atoms. The topological polar surface area (TPSA) is 88.5 Å². The SMILES string of the molecule is CC(C)(C)OC(=O)NCC1=C[I-]C=CC=C1Cc1cncc(C(=O)O)c1. The van der Waals surface area contributed by atoms with Crippen LogP contribution >= 0.6 is 0 Å². The van der Waals surface area contributed by atoms with Gasteiger partial charge in [-0.2, -0.15) is 0 Å². The number of ether oxygens (including phenoxy) is 1. The van der Waals surface area contributed by atoms with E-state index in [4.69, 9.17) is 9.84 Å². The Morgan fingerprint density at radius 3 is 2.73 bits per heavy atom. The molecule has 140 valence electrons. The van der Waals surface area contributed by atoms with E-state index in [0.717, 1.165) is 16.7 Å². The van der Waals surface area contributed by atoms with Crippen molar-refractivity contribution in [3.8, 4) is 0 Å². The molecule has 0 atom stereocenters. The fraction of sp³-hybridized carbons (Fsp3) is 0.316. The van der Waals surface area contributed by atoms with Crippen molar-refractivity contribution >= 4 is 12.1 Å². The number of rotatable bonds is 5. The zero-order valence-electron chi connectivity index (χ0n) is 15.0. The summed E-state index contributed by atoms with van der Waals surface area (Å²) in [4.78, 5) is 27.0. The minimum atomic E-state index is -0.998. The molecule has 1 aliphatic rings. The Balaban J connectivity index is 2.08. The van der Waals surface area contributed by atoms with Gasteiger partial charge in [0.05, 0.1) is 0 Å². The van der Waals surface area contributed by atoms with Crippen LogP contribution in [0.25, 0.3) is 0 Å². The van der Waals surface area contributed by atoms with Crippen LogP contribution in [0.3, 0.4) is 0 Å². The van der Waals surface area contributed by atoms with Crippen molar-refractivity contribution in [3.05, 3.63) is 61.1 Å². The minimum absolute atomic E-state index is 0.164. The van der Waals surface area contributed by atoms with E-state index < -0.39 is 17.7 Å². The Kier molecular flexibility index (Phi) is 6.96. The van der Waals surface area contributed by atoms with Crippen molar-refractivity contribution < 1.29 is 40.6 Å². The second-order valence-electron chi connectivity index (χ2n) is 6.69. The van der Waals surface area contributed by atoms with Crippen LogP contribution in [0, 0.1) is 0 Å². The first-order valence-electron chi connectivity index (χ1n) is 8.06. The van der Waals surface area contributed by atoms with Crippen LogP contribution in [0.15, 0.2) is 49.9 Å². The number of allylic oxidation sites excluding steroid dienone is 2. The second-order valence-corrected chi connectivity index (χ2v) is 8.75. The number of pyridine rings is 1. The molecule has 1 aromatic heterocycles. The van der Waals surface area contributed by atoms with Gasteiger partial charge < -0.3 is 0 Å². The van der Waals surface area contributed by atoms with Crippen molar-refractivity contribution in [2.75, 3.05) is 6.54 Å². The van der Waals surface area contributed by atoms with Gasteiger partial charge in [-0.1, -0.05) is 0 Å². The molecule has 0 bridgehead atoms. The van der Waals surface area contributed by atoms with Crippen LogP contribution in [0.4, 0.5) is 4.79 Å². The van der Waals surface area contributed by atoms with Crippen LogP contribution in [-0.2, 0) is 11.2 Å². The summed E-state index contributed by atoms with van der Waals surface area (Å²) >= 11 is -0.230. The van der Waals surface area contributed by atoms with Gasteiger partial charge in [0, 0.05) is 0 Å². The van der Waals surface area contributed by atoms with Gasteiger partial charge in [0.25, 0.3) is 0 Å². The van der Waals surface area contributed by atoms with Crippen LogP contribution in [0.2, 0.25) is 0 Å². The van der Waals surface area contributed by atoms with E-state index in [9.17, 15) is 9.59 Å². The number of hydrogen-bond acceptors (Lipinski definition) is 4. The number of carboxylic acid groups (broad SMARTS) is 1. The van der Waals surface area contributed by atoms with E-state index in [2.05, 4.69) is 18.5 Å². The van der Waals surface area contributed by atoms with E-state index in [1.54, 1.807) is 12.3 Å². The van der Waals surface area contributed by atoms with E-state index in [-0.39, 0.29) is 26.8 Å². The maximum absolute atomic E-state index is 11.9. The normalized spacial score (nSPS) is 14.4. The maximum atomic E-state index is 11.9. The summed E-state index contributed by atoms with van der Waals surface area (Å²) in [5, 5.41) is 11.9. The van der Waals surface area contributed by atoms with Gasteiger partial charge in [-0.25, -0.2) is 0 Å². The molecule has 1 aromatic rings. The first kappa shape index (κ1) is 20.2. The Morgan fingerprint density at radius 1 is 1.27 bits per heavy atom. The summed E-state index contributed by atoms with van der Waals surface area (Å²) < 4.78 is 9.56. The number of aromatic nitrogens is 1. The molecule has 1 amide bonds. The van der Waals surface area contributed by atoms with Crippen molar-refractivity contribution in [2.45, 2.75) is 32.8 Å². The average molecular weight is 469 g/mol. The van der Waals surface area contributed by atoms with Crippen LogP contribution in [-0.4, -0.2) is 34.3 Å². The van der Waals surface area contributed by atoms with Crippen LogP contribution in [0.1, 0.15) is 36.7 Å². The number of carboxylic acids is 1. The summed E-state index contributed by atoms with van der Waals surface area (Å²) in [6.07, 6.45) is 7.10. The van der Waals surface area contributed by atoms with Crippen LogP contribution < -0.4 is 26.5 Å². The number of nitrogens with zero attached hydrogens (tertiary/aromatic N) is 1. The van der Waals surface area contributed by atoms with Gasteiger partial charge in [-0.3, -0.25) is 0 Å². The molecule has 0 aromatic carbocycles. The molecule has 6 nitrogen and oxygen atoms in total. The van der Waals surface area contributed by atoms with E-state index in [1.807, 2.05) is 32.9 Å². The molecule has 0 unspecified atom stereocenters. The molecule has 2 N–H and O–H groups in total. The zero-order valence-corrected chi connectivity index (χ0v) is 17.1. The zero-order chi connectivity index (χ0) is 19.2. The van der Waals surface area contributed by atoms with Crippen molar-refractivity contribution in [1.82, 2.24) is 10.3 Å². The number of alkyl carbamates (subject to hydrolysis) is 1. The molecule has 0 saturated carbocycles. The molecule has 0 radical (unpaired) electrons. The fourth-order valence-corrected chi connectivity index (χ4v) is 3.92. The van der Waals surface area contributed by atoms with Gasteiger partial charge >= 0.3 is 163 Å². The van der Waals surface area contributed by atoms with Gasteiger partial charge in [-0.05, 0) is 0 Å². The summed E-state index contributed by atoms with van der Waals surface area (Å²) in [6, 6.07) is 1.62. The number of aromatic carboxylic acids is 1. The first-order chi connectivity index (χ1) is 12.2. The Hall–Kier alpha value is -2.16. The molecular formula is C19H22IN2O4-. The summed E-state index contributed by atoms with van der Waals surface area (Å²) in [7, 11) is 0.